The lowest BCUT2D eigenvalue weighted by atomic mass is 10.1. The molecule has 0 heterocycles. The molecular formula is C20H19FN2O3S. The Labute approximate surface area is 158 Å². The van der Waals surface area contributed by atoms with Crippen LogP contribution in [0.3, 0.4) is 0 Å². The van der Waals surface area contributed by atoms with E-state index in [9.17, 15) is 8.09 Å². The van der Waals surface area contributed by atoms with Crippen LogP contribution in [0.2, 0.25) is 0 Å². The maximum absolute atomic E-state index is 14.2. The van der Waals surface area contributed by atoms with Crippen LogP contribution in [-0.2, 0) is 10.4 Å². The normalized spacial score (nSPS) is 12.8. The van der Waals surface area contributed by atoms with Crippen molar-refractivity contribution < 1.29 is 17.0 Å². The van der Waals surface area contributed by atoms with Crippen LogP contribution in [0.4, 0.5) is 15.3 Å². The number of hydrogen-bond acceptors (Lipinski definition) is 5. The SMILES string of the molecule is CCOc1ccc(-c2ccc(OS(=O)(F)=Nc3ccc(N)cc3)cc2)cc1. The topological polar surface area (TPSA) is 73.9 Å². The summed E-state index contributed by atoms with van der Waals surface area (Å²) in [7, 11) is -4.37. The van der Waals surface area contributed by atoms with Gasteiger partial charge in [0, 0.05) is 5.69 Å². The number of rotatable bonds is 6. The van der Waals surface area contributed by atoms with Crippen LogP contribution in [0.1, 0.15) is 6.92 Å². The summed E-state index contributed by atoms with van der Waals surface area (Å²) < 4.78 is 40.0. The van der Waals surface area contributed by atoms with Gasteiger partial charge in [-0.25, -0.2) is 0 Å². The molecular weight excluding hydrogens is 367 g/mol. The fraction of sp³-hybridized carbons (Fsp3) is 0.100. The maximum atomic E-state index is 14.2. The van der Waals surface area contributed by atoms with Gasteiger partial charge in [-0.15, -0.1) is 4.36 Å². The fourth-order valence-electron chi connectivity index (χ4n) is 2.41. The molecule has 7 heteroatoms. The molecule has 3 rings (SSSR count). The van der Waals surface area contributed by atoms with Crippen molar-refractivity contribution >= 4 is 21.8 Å². The maximum Gasteiger partial charge on any atom is 0.382 e. The molecule has 27 heavy (non-hydrogen) atoms. The molecule has 0 saturated heterocycles. The van der Waals surface area contributed by atoms with Crippen molar-refractivity contribution in [3.63, 3.8) is 0 Å². The lowest BCUT2D eigenvalue weighted by Crippen LogP contribution is -2.01. The van der Waals surface area contributed by atoms with E-state index in [1.54, 1.807) is 36.4 Å². The number of nitrogens with zero attached hydrogens (tertiary/aromatic N) is 1. The summed E-state index contributed by atoms with van der Waals surface area (Å²) >= 11 is 0. The number of benzene rings is 3. The fourth-order valence-corrected chi connectivity index (χ4v) is 3.17. The first-order valence-corrected chi connectivity index (χ1v) is 9.64. The van der Waals surface area contributed by atoms with Crippen molar-refractivity contribution in [2.24, 2.45) is 4.36 Å². The summed E-state index contributed by atoms with van der Waals surface area (Å²) in [6.45, 7) is 2.53. The smallest absolute Gasteiger partial charge is 0.382 e. The van der Waals surface area contributed by atoms with E-state index in [0.29, 0.717) is 12.3 Å². The van der Waals surface area contributed by atoms with E-state index in [0.717, 1.165) is 16.9 Å². The van der Waals surface area contributed by atoms with Gasteiger partial charge in [0.05, 0.1) is 12.3 Å². The van der Waals surface area contributed by atoms with Crippen LogP contribution in [0, 0.1) is 0 Å². The van der Waals surface area contributed by atoms with Crippen LogP contribution >= 0.6 is 0 Å². The van der Waals surface area contributed by atoms with E-state index in [1.165, 1.54) is 12.1 Å². The van der Waals surface area contributed by atoms with Crippen molar-refractivity contribution in [1.82, 2.24) is 0 Å². The average Bonchev–Trinajstić information content (AvgIpc) is 2.65. The number of hydrogen-bond donors (Lipinski definition) is 1. The summed E-state index contributed by atoms with van der Waals surface area (Å²) in [4.78, 5) is 0. The second-order valence-electron chi connectivity index (χ2n) is 5.66. The number of anilines is 1. The Morgan fingerprint density at radius 3 is 1.93 bits per heavy atom. The molecule has 0 aromatic heterocycles. The average molecular weight is 386 g/mol. The third-order valence-corrected chi connectivity index (χ3v) is 4.49. The van der Waals surface area contributed by atoms with Gasteiger partial charge in [0.1, 0.15) is 11.5 Å². The second-order valence-corrected chi connectivity index (χ2v) is 6.83. The minimum absolute atomic E-state index is 0.122. The highest BCUT2D eigenvalue weighted by Crippen LogP contribution is 2.26. The quantitative estimate of drug-likeness (QED) is 0.460. The van der Waals surface area contributed by atoms with E-state index >= 15 is 0 Å². The van der Waals surface area contributed by atoms with E-state index in [1.807, 2.05) is 31.2 Å². The van der Waals surface area contributed by atoms with Crippen LogP contribution in [-0.4, -0.2) is 10.8 Å². The van der Waals surface area contributed by atoms with Gasteiger partial charge < -0.3 is 14.7 Å². The van der Waals surface area contributed by atoms with Gasteiger partial charge in [-0.2, -0.15) is 4.21 Å². The van der Waals surface area contributed by atoms with Gasteiger partial charge in [0.2, 0.25) is 0 Å². The molecule has 1 atom stereocenters. The third kappa shape index (κ3) is 5.21. The molecule has 3 aromatic carbocycles. The molecule has 0 radical (unpaired) electrons. The van der Waals surface area contributed by atoms with Crippen LogP contribution < -0.4 is 14.7 Å². The predicted octanol–water partition coefficient (Wildman–Crippen LogP) is 5.31. The monoisotopic (exact) mass is 386 g/mol. The minimum atomic E-state index is -4.37. The standard InChI is InChI=1S/C20H19FN2O3S/c1-2-25-19-11-3-15(4-12-19)16-5-13-20(14-6-16)26-27(21,24)23-18-9-7-17(22)8-10-18/h3-14H,2,22H2,1H3. The molecule has 0 aliphatic rings. The summed E-state index contributed by atoms with van der Waals surface area (Å²) in [5.41, 5.74) is 8.12. The molecule has 0 fully saturated rings. The van der Waals surface area contributed by atoms with E-state index in [-0.39, 0.29) is 11.4 Å². The van der Waals surface area contributed by atoms with Gasteiger partial charge in [0.15, 0.2) is 0 Å². The third-order valence-electron chi connectivity index (χ3n) is 3.66. The highest BCUT2D eigenvalue weighted by molar-refractivity contribution is 7.84. The zero-order chi connectivity index (χ0) is 19.3. The molecule has 5 nitrogen and oxygen atoms in total. The van der Waals surface area contributed by atoms with Crippen molar-refractivity contribution in [2.75, 3.05) is 12.3 Å². The first-order chi connectivity index (χ1) is 12.9. The Morgan fingerprint density at radius 2 is 1.41 bits per heavy atom. The highest BCUT2D eigenvalue weighted by atomic mass is 32.3. The van der Waals surface area contributed by atoms with Gasteiger partial charge >= 0.3 is 10.4 Å². The molecule has 0 aliphatic heterocycles. The Kier molecular flexibility index (Phi) is 5.61. The lowest BCUT2D eigenvalue weighted by molar-refractivity contribution is 0.340. The number of ether oxygens (including phenoxy) is 1. The molecule has 2 N–H and O–H groups in total. The summed E-state index contributed by atoms with van der Waals surface area (Å²) in [5, 5.41) is 0. The van der Waals surface area contributed by atoms with Gasteiger partial charge in [-0.05, 0) is 66.6 Å². The van der Waals surface area contributed by atoms with Crippen LogP contribution in [0.15, 0.2) is 77.2 Å². The first-order valence-electron chi connectivity index (χ1n) is 8.30. The number of nitrogen functional groups attached to an aromatic ring is 1. The summed E-state index contributed by atoms with van der Waals surface area (Å²) in [6, 6.07) is 20.2. The predicted molar refractivity (Wildman–Crippen MR) is 106 cm³/mol. The van der Waals surface area contributed by atoms with Crippen LogP contribution in [0.5, 0.6) is 11.5 Å². The van der Waals surface area contributed by atoms with Crippen molar-refractivity contribution in [3.8, 4) is 22.6 Å². The van der Waals surface area contributed by atoms with Crippen molar-refractivity contribution in [1.29, 1.82) is 0 Å². The molecule has 0 saturated carbocycles. The Hall–Kier alpha value is -3.06. The van der Waals surface area contributed by atoms with Gasteiger partial charge in [-0.1, -0.05) is 28.2 Å². The number of halogens is 1. The molecule has 0 spiro atoms. The molecule has 0 aliphatic carbocycles. The van der Waals surface area contributed by atoms with Crippen molar-refractivity contribution in [3.05, 3.63) is 72.8 Å². The first kappa shape index (κ1) is 18.7. The van der Waals surface area contributed by atoms with Crippen LogP contribution in [0.25, 0.3) is 11.1 Å². The lowest BCUT2D eigenvalue weighted by Gasteiger charge is -2.07. The molecule has 3 aromatic rings. The van der Waals surface area contributed by atoms with Gasteiger partial charge in [-0.3, -0.25) is 0 Å². The Morgan fingerprint density at radius 1 is 0.889 bits per heavy atom. The second kappa shape index (κ2) is 8.09. The molecule has 140 valence electrons. The zero-order valence-electron chi connectivity index (χ0n) is 14.7. The largest absolute Gasteiger partial charge is 0.494 e. The Balaban J connectivity index is 1.74. The number of nitrogens with two attached hydrogens (primary N) is 1. The van der Waals surface area contributed by atoms with E-state index in [4.69, 9.17) is 14.7 Å². The zero-order valence-corrected chi connectivity index (χ0v) is 15.5. The minimum Gasteiger partial charge on any atom is -0.494 e. The van der Waals surface area contributed by atoms with Gasteiger partial charge in [0.25, 0.3) is 0 Å². The van der Waals surface area contributed by atoms with E-state index in [2.05, 4.69) is 4.36 Å². The van der Waals surface area contributed by atoms with E-state index < -0.39 is 10.4 Å². The molecule has 0 bridgehead atoms. The Bertz CT molecular complexity index is 1010. The summed E-state index contributed by atoms with van der Waals surface area (Å²) in [6.07, 6.45) is 0. The molecule has 1 unspecified atom stereocenters. The highest BCUT2D eigenvalue weighted by Gasteiger charge is 2.10. The summed E-state index contributed by atoms with van der Waals surface area (Å²) in [5.74, 6) is 0.916. The van der Waals surface area contributed by atoms with Crippen molar-refractivity contribution in [2.45, 2.75) is 6.92 Å². The molecule has 0 amide bonds.